The molecule has 92 valence electrons. The average molecular weight is 254 g/mol. The van der Waals surface area contributed by atoms with Gasteiger partial charge < -0.3 is 15.8 Å². The average Bonchev–Trinajstić information content (AvgIpc) is 2.87. The highest BCUT2D eigenvalue weighted by atomic mass is 32.1. The number of nitrogens with zero attached hydrogens (tertiary/aromatic N) is 1. The second-order valence-corrected chi connectivity index (χ2v) is 4.60. The molecule has 0 aliphatic carbocycles. The van der Waals surface area contributed by atoms with Crippen molar-refractivity contribution in [2.75, 3.05) is 11.9 Å². The van der Waals surface area contributed by atoms with Gasteiger partial charge >= 0.3 is 0 Å². The summed E-state index contributed by atoms with van der Waals surface area (Å²) < 4.78 is 5.44. The Balaban J connectivity index is 2.13. The minimum atomic E-state index is -0.779. The van der Waals surface area contributed by atoms with Crippen molar-refractivity contribution in [3.8, 4) is 0 Å². The molecule has 1 unspecified atom stereocenters. The van der Waals surface area contributed by atoms with E-state index in [-0.39, 0.29) is 10.9 Å². The molecule has 17 heavy (non-hydrogen) atoms. The smallest absolute Gasteiger partial charge is 0.257 e. The Hall–Kier alpha value is -1.47. The number of nitrogens with one attached hydrogen (secondary N) is 2. The van der Waals surface area contributed by atoms with E-state index in [9.17, 15) is 4.79 Å². The van der Waals surface area contributed by atoms with Crippen LogP contribution in [-0.2, 0) is 9.53 Å². The van der Waals surface area contributed by atoms with Crippen molar-refractivity contribution in [3.05, 3.63) is 11.8 Å². The van der Waals surface area contributed by atoms with Crippen LogP contribution in [0.1, 0.15) is 25.3 Å². The molecule has 1 aromatic heterocycles. The molecule has 7 heteroatoms. The molecule has 2 heterocycles. The fourth-order valence-corrected chi connectivity index (χ4v) is 1.93. The number of aromatic amines is 1. The molecule has 0 radical (unpaired) electrons. The molecule has 0 aromatic carbocycles. The van der Waals surface area contributed by atoms with Gasteiger partial charge in [0.25, 0.3) is 5.91 Å². The largest absolute Gasteiger partial charge is 0.389 e. The van der Waals surface area contributed by atoms with Crippen molar-refractivity contribution >= 4 is 28.9 Å². The molecule has 1 aliphatic rings. The number of hydrogen-bond donors (Lipinski definition) is 3. The van der Waals surface area contributed by atoms with Gasteiger partial charge in [0.05, 0.1) is 11.8 Å². The van der Waals surface area contributed by atoms with Crippen LogP contribution in [0.25, 0.3) is 0 Å². The topological polar surface area (TPSA) is 93.0 Å². The van der Waals surface area contributed by atoms with Gasteiger partial charge in [-0.25, -0.2) is 0 Å². The Morgan fingerprint density at radius 1 is 1.76 bits per heavy atom. The molecule has 0 saturated carbocycles. The van der Waals surface area contributed by atoms with E-state index in [4.69, 9.17) is 22.7 Å². The van der Waals surface area contributed by atoms with E-state index >= 15 is 0 Å². The van der Waals surface area contributed by atoms with Gasteiger partial charge in [-0.15, -0.1) is 0 Å². The second-order valence-electron chi connectivity index (χ2n) is 4.16. The molecule has 1 fully saturated rings. The lowest BCUT2D eigenvalue weighted by Gasteiger charge is -2.21. The van der Waals surface area contributed by atoms with E-state index in [1.54, 1.807) is 6.92 Å². The molecule has 1 aromatic rings. The number of nitrogens with two attached hydrogens (primary N) is 1. The highest BCUT2D eigenvalue weighted by molar-refractivity contribution is 7.80. The first kappa shape index (κ1) is 12.0. The highest BCUT2D eigenvalue weighted by Gasteiger charge is 2.38. The summed E-state index contributed by atoms with van der Waals surface area (Å²) in [6.45, 7) is 2.38. The number of ether oxygens (including phenoxy) is 1. The normalized spacial score (nSPS) is 23.6. The summed E-state index contributed by atoms with van der Waals surface area (Å²) in [5.74, 6) is 0.205. The third-order valence-corrected chi connectivity index (χ3v) is 3.06. The zero-order valence-corrected chi connectivity index (χ0v) is 10.3. The van der Waals surface area contributed by atoms with E-state index in [0.29, 0.717) is 24.4 Å². The first-order chi connectivity index (χ1) is 8.03. The van der Waals surface area contributed by atoms with E-state index in [2.05, 4.69) is 15.5 Å². The molecule has 1 saturated heterocycles. The van der Waals surface area contributed by atoms with Gasteiger partial charge in [0.15, 0.2) is 0 Å². The molecule has 2 rings (SSSR count). The number of rotatable bonds is 3. The van der Waals surface area contributed by atoms with Crippen LogP contribution in [0.15, 0.2) is 6.20 Å². The Labute approximate surface area is 104 Å². The lowest BCUT2D eigenvalue weighted by atomic mass is 10.0. The fraction of sp³-hybridized carbons (Fsp3) is 0.500. The van der Waals surface area contributed by atoms with Crippen LogP contribution in [-0.4, -0.2) is 33.3 Å². The zero-order valence-electron chi connectivity index (χ0n) is 9.45. The molecule has 1 atom stereocenters. The molecule has 1 aliphatic heterocycles. The minimum absolute atomic E-state index is 0.187. The molecule has 0 spiro atoms. The first-order valence-corrected chi connectivity index (χ1v) is 5.72. The molecular formula is C10H14N4O2S. The van der Waals surface area contributed by atoms with Crippen LogP contribution in [0, 0.1) is 0 Å². The summed E-state index contributed by atoms with van der Waals surface area (Å²) in [5.41, 5.74) is 5.25. The van der Waals surface area contributed by atoms with Crippen molar-refractivity contribution in [1.29, 1.82) is 0 Å². The quantitative estimate of drug-likeness (QED) is 0.685. The van der Waals surface area contributed by atoms with Gasteiger partial charge in [0.2, 0.25) is 0 Å². The first-order valence-electron chi connectivity index (χ1n) is 5.31. The number of hydrogen-bond acceptors (Lipinski definition) is 4. The van der Waals surface area contributed by atoms with E-state index < -0.39 is 5.60 Å². The SMILES string of the molecule is CC1(C(=O)Nc2[nH]ncc2C(N)=S)CCCO1. The minimum Gasteiger partial charge on any atom is -0.389 e. The van der Waals surface area contributed by atoms with Crippen molar-refractivity contribution in [2.24, 2.45) is 5.73 Å². The van der Waals surface area contributed by atoms with E-state index in [0.717, 1.165) is 6.42 Å². The number of carbonyl (C=O) groups is 1. The Kier molecular flexibility index (Phi) is 3.12. The number of H-pyrrole nitrogens is 1. The van der Waals surface area contributed by atoms with Gasteiger partial charge in [-0.05, 0) is 19.8 Å². The van der Waals surface area contributed by atoms with Gasteiger partial charge in [-0.3, -0.25) is 9.89 Å². The maximum absolute atomic E-state index is 12.0. The maximum Gasteiger partial charge on any atom is 0.257 e. The molecule has 6 nitrogen and oxygen atoms in total. The van der Waals surface area contributed by atoms with E-state index in [1.807, 2.05) is 0 Å². The van der Waals surface area contributed by atoms with Crippen LogP contribution in [0.2, 0.25) is 0 Å². The Morgan fingerprint density at radius 3 is 3.12 bits per heavy atom. The van der Waals surface area contributed by atoms with Crippen molar-refractivity contribution in [3.63, 3.8) is 0 Å². The van der Waals surface area contributed by atoms with E-state index in [1.165, 1.54) is 6.20 Å². The number of amides is 1. The van der Waals surface area contributed by atoms with Crippen LogP contribution in [0.3, 0.4) is 0 Å². The summed E-state index contributed by atoms with van der Waals surface area (Å²) in [7, 11) is 0. The third kappa shape index (κ3) is 2.29. The summed E-state index contributed by atoms with van der Waals surface area (Å²) in [6.07, 6.45) is 3.07. The van der Waals surface area contributed by atoms with Crippen molar-refractivity contribution in [1.82, 2.24) is 10.2 Å². The molecule has 1 amide bonds. The summed E-state index contributed by atoms with van der Waals surface area (Å²) in [4.78, 5) is 12.2. The lowest BCUT2D eigenvalue weighted by molar-refractivity contribution is -0.133. The third-order valence-electron chi connectivity index (χ3n) is 2.84. The summed E-state index contributed by atoms with van der Waals surface area (Å²) in [6, 6.07) is 0. The highest BCUT2D eigenvalue weighted by Crippen LogP contribution is 2.26. The van der Waals surface area contributed by atoms with Crippen LogP contribution < -0.4 is 11.1 Å². The second kappa shape index (κ2) is 4.42. The summed E-state index contributed by atoms with van der Waals surface area (Å²) >= 11 is 4.85. The van der Waals surface area contributed by atoms with Crippen molar-refractivity contribution in [2.45, 2.75) is 25.4 Å². The Morgan fingerprint density at radius 2 is 2.53 bits per heavy atom. The number of thiocarbonyl (C=S) groups is 1. The lowest BCUT2D eigenvalue weighted by Crippen LogP contribution is -2.39. The zero-order chi connectivity index (χ0) is 12.5. The predicted octanol–water partition coefficient (Wildman–Crippen LogP) is 0.551. The number of carbonyl (C=O) groups excluding carboxylic acids is 1. The summed E-state index contributed by atoms with van der Waals surface area (Å²) in [5, 5.41) is 9.16. The van der Waals surface area contributed by atoms with Gasteiger partial charge in [0.1, 0.15) is 16.4 Å². The monoisotopic (exact) mass is 254 g/mol. The predicted molar refractivity (Wildman–Crippen MR) is 66.7 cm³/mol. The maximum atomic E-state index is 12.0. The number of aromatic nitrogens is 2. The van der Waals surface area contributed by atoms with Gasteiger partial charge in [0, 0.05) is 6.61 Å². The van der Waals surface area contributed by atoms with Crippen LogP contribution in [0.5, 0.6) is 0 Å². The number of anilines is 1. The fourth-order valence-electron chi connectivity index (χ4n) is 1.77. The molecule has 4 N–H and O–H groups in total. The molecule has 0 bridgehead atoms. The van der Waals surface area contributed by atoms with Crippen molar-refractivity contribution < 1.29 is 9.53 Å². The van der Waals surface area contributed by atoms with Gasteiger partial charge in [-0.1, -0.05) is 12.2 Å². The van der Waals surface area contributed by atoms with Gasteiger partial charge in [-0.2, -0.15) is 5.10 Å². The standard InChI is InChI=1S/C10H14N4O2S/c1-10(3-2-4-16-10)9(15)13-8-6(7(11)17)5-12-14-8/h5H,2-4H2,1H3,(H2,11,17)(H2,12,13,14,15). The Bertz CT molecular complexity index is 451. The van der Waals surface area contributed by atoms with Crippen LogP contribution in [0.4, 0.5) is 5.82 Å². The van der Waals surface area contributed by atoms with Crippen LogP contribution >= 0.6 is 12.2 Å². The molecular weight excluding hydrogens is 240 g/mol.